The number of nitrogens with zero attached hydrogens (tertiary/aromatic N) is 2. The number of rotatable bonds is 6. The summed E-state index contributed by atoms with van der Waals surface area (Å²) in [7, 11) is 0. The first-order chi connectivity index (χ1) is 12.6. The zero-order valence-electron chi connectivity index (χ0n) is 14.3. The first-order valence-electron chi connectivity index (χ1n) is 8.53. The molecule has 7 heteroatoms. The predicted molar refractivity (Wildman–Crippen MR) is 102 cm³/mol. The molecule has 1 fully saturated rings. The van der Waals surface area contributed by atoms with Crippen LogP contribution in [0, 0.1) is 0 Å². The number of pyridine rings is 1. The third kappa shape index (κ3) is 5.68. The maximum absolute atomic E-state index is 12.1. The number of hydrogen-bond acceptors (Lipinski definition) is 4. The number of nitrogens with one attached hydrogen (secondary N) is 1. The molecule has 26 heavy (non-hydrogen) atoms. The molecule has 1 atom stereocenters. The summed E-state index contributed by atoms with van der Waals surface area (Å²) in [5.41, 5.74) is 2.01. The van der Waals surface area contributed by atoms with E-state index >= 15 is 0 Å². The third-order valence-electron chi connectivity index (χ3n) is 4.23. The summed E-state index contributed by atoms with van der Waals surface area (Å²) < 4.78 is 5.77. The monoisotopic (exact) mass is 393 g/mol. The summed E-state index contributed by atoms with van der Waals surface area (Å²) in [5, 5.41) is 4.07. The Kier molecular flexibility index (Phi) is 6.86. The molecule has 2 aromatic rings. The van der Waals surface area contributed by atoms with Crippen molar-refractivity contribution in [2.75, 3.05) is 26.2 Å². The van der Waals surface area contributed by atoms with Gasteiger partial charge in [0.1, 0.15) is 0 Å². The fourth-order valence-corrected chi connectivity index (χ4v) is 3.24. The zero-order chi connectivity index (χ0) is 18.4. The van der Waals surface area contributed by atoms with Gasteiger partial charge in [-0.1, -0.05) is 35.3 Å². The Morgan fingerprint density at radius 3 is 2.92 bits per heavy atom. The summed E-state index contributed by atoms with van der Waals surface area (Å²) in [5.74, 6) is -0.0248. The van der Waals surface area contributed by atoms with Crippen molar-refractivity contribution in [2.24, 2.45) is 0 Å². The second-order valence-corrected chi connectivity index (χ2v) is 7.13. The topological polar surface area (TPSA) is 54.5 Å². The van der Waals surface area contributed by atoms with Gasteiger partial charge in [-0.3, -0.25) is 14.7 Å². The van der Waals surface area contributed by atoms with Crippen molar-refractivity contribution in [1.82, 2.24) is 15.2 Å². The molecule has 1 unspecified atom stereocenters. The van der Waals surface area contributed by atoms with Gasteiger partial charge in [-0.15, -0.1) is 0 Å². The van der Waals surface area contributed by atoms with E-state index in [1.165, 1.54) is 0 Å². The molecule has 1 aromatic heterocycles. The van der Waals surface area contributed by atoms with Crippen molar-refractivity contribution in [2.45, 2.75) is 19.1 Å². The van der Waals surface area contributed by atoms with Gasteiger partial charge in [-0.2, -0.15) is 0 Å². The van der Waals surface area contributed by atoms with Crippen LogP contribution < -0.4 is 5.32 Å². The Morgan fingerprint density at radius 2 is 2.15 bits per heavy atom. The number of hydrogen-bond donors (Lipinski definition) is 1. The fraction of sp³-hybridized carbons (Fsp3) is 0.368. The van der Waals surface area contributed by atoms with Gasteiger partial charge in [0.25, 0.3) is 0 Å². The lowest BCUT2D eigenvalue weighted by Gasteiger charge is -2.33. The molecule has 1 aliphatic rings. The molecule has 1 aromatic carbocycles. The van der Waals surface area contributed by atoms with Crippen LogP contribution in [0.3, 0.4) is 0 Å². The fourth-order valence-electron chi connectivity index (χ4n) is 2.92. The molecule has 1 saturated heterocycles. The van der Waals surface area contributed by atoms with Crippen LogP contribution in [0.2, 0.25) is 10.0 Å². The predicted octanol–water partition coefficient (Wildman–Crippen LogP) is 2.95. The standard InChI is InChI=1S/C19H21Cl2N3O2/c20-17-4-3-15(8-18(17)21)12-24-6-7-26-16(13-24)11-23-19(25)9-14-2-1-5-22-10-14/h1-5,8,10,16H,6-7,9,11-13H2,(H,23,25). The van der Waals surface area contributed by atoms with Crippen LogP contribution in [-0.2, 0) is 22.5 Å². The summed E-state index contributed by atoms with van der Waals surface area (Å²) in [6.45, 7) is 3.52. The maximum atomic E-state index is 12.1. The van der Waals surface area contributed by atoms with Gasteiger partial charge in [0.15, 0.2) is 0 Å². The van der Waals surface area contributed by atoms with E-state index in [0.29, 0.717) is 29.6 Å². The van der Waals surface area contributed by atoms with Gasteiger partial charge in [0.05, 0.1) is 29.2 Å². The Hall–Kier alpha value is -1.66. The summed E-state index contributed by atoms with van der Waals surface area (Å²) in [6.07, 6.45) is 3.70. The molecule has 1 amide bonds. The van der Waals surface area contributed by atoms with Crippen LogP contribution >= 0.6 is 23.2 Å². The number of ether oxygens (including phenoxy) is 1. The quantitative estimate of drug-likeness (QED) is 0.819. The number of carbonyl (C=O) groups is 1. The SMILES string of the molecule is O=C(Cc1cccnc1)NCC1CN(Cc2ccc(Cl)c(Cl)c2)CCO1. The summed E-state index contributed by atoms with van der Waals surface area (Å²) >= 11 is 12.0. The lowest BCUT2D eigenvalue weighted by Crippen LogP contribution is -2.47. The number of carbonyl (C=O) groups excluding carboxylic acids is 1. The van der Waals surface area contributed by atoms with Crippen molar-refractivity contribution >= 4 is 29.1 Å². The highest BCUT2D eigenvalue weighted by Gasteiger charge is 2.21. The summed E-state index contributed by atoms with van der Waals surface area (Å²) in [4.78, 5) is 18.4. The van der Waals surface area contributed by atoms with E-state index in [4.69, 9.17) is 27.9 Å². The maximum Gasteiger partial charge on any atom is 0.224 e. The minimum Gasteiger partial charge on any atom is -0.374 e. The van der Waals surface area contributed by atoms with E-state index in [1.54, 1.807) is 12.4 Å². The molecule has 0 saturated carbocycles. The minimum absolute atomic E-state index is 0.0237. The smallest absolute Gasteiger partial charge is 0.224 e. The Balaban J connectivity index is 1.46. The van der Waals surface area contributed by atoms with Gasteiger partial charge in [-0.25, -0.2) is 0 Å². The molecule has 1 N–H and O–H groups in total. The minimum atomic E-state index is -0.0248. The van der Waals surface area contributed by atoms with Crippen LogP contribution in [0.1, 0.15) is 11.1 Å². The van der Waals surface area contributed by atoms with Crippen LogP contribution in [0.25, 0.3) is 0 Å². The second-order valence-electron chi connectivity index (χ2n) is 6.32. The van der Waals surface area contributed by atoms with Gasteiger partial charge in [0.2, 0.25) is 5.91 Å². The molecule has 3 rings (SSSR count). The van der Waals surface area contributed by atoms with Crippen LogP contribution in [0.15, 0.2) is 42.7 Å². The average molecular weight is 394 g/mol. The Bertz CT molecular complexity index is 743. The molecule has 5 nitrogen and oxygen atoms in total. The number of aromatic nitrogens is 1. The van der Waals surface area contributed by atoms with Crippen molar-refractivity contribution in [3.63, 3.8) is 0 Å². The second kappa shape index (κ2) is 9.33. The van der Waals surface area contributed by atoms with Crippen molar-refractivity contribution in [3.05, 3.63) is 63.9 Å². The van der Waals surface area contributed by atoms with E-state index in [1.807, 2.05) is 30.3 Å². The number of morpholine rings is 1. The molecular weight excluding hydrogens is 373 g/mol. The van der Waals surface area contributed by atoms with E-state index in [-0.39, 0.29) is 12.0 Å². The molecule has 1 aliphatic heterocycles. The Labute approximate surface area is 163 Å². The lowest BCUT2D eigenvalue weighted by atomic mass is 10.1. The van der Waals surface area contributed by atoms with Gasteiger partial charge in [-0.05, 0) is 29.3 Å². The lowest BCUT2D eigenvalue weighted by molar-refractivity contribution is -0.121. The van der Waals surface area contributed by atoms with Crippen molar-refractivity contribution in [1.29, 1.82) is 0 Å². The van der Waals surface area contributed by atoms with Crippen LogP contribution in [-0.4, -0.2) is 48.1 Å². The molecular formula is C19H21Cl2N3O2. The zero-order valence-corrected chi connectivity index (χ0v) is 15.8. The van der Waals surface area contributed by atoms with E-state index in [0.717, 1.165) is 30.8 Å². The van der Waals surface area contributed by atoms with E-state index in [9.17, 15) is 4.79 Å². The number of halogens is 2. The highest BCUT2D eigenvalue weighted by Crippen LogP contribution is 2.23. The van der Waals surface area contributed by atoms with E-state index in [2.05, 4.69) is 15.2 Å². The first kappa shape index (κ1) is 19.1. The normalized spacial score (nSPS) is 17.8. The van der Waals surface area contributed by atoms with E-state index < -0.39 is 0 Å². The first-order valence-corrected chi connectivity index (χ1v) is 9.29. The van der Waals surface area contributed by atoms with Gasteiger partial charge >= 0.3 is 0 Å². The molecule has 0 radical (unpaired) electrons. The molecule has 138 valence electrons. The number of amides is 1. The van der Waals surface area contributed by atoms with Gasteiger partial charge < -0.3 is 10.1 Å². The van der Waals surface area contributed by atoms with Crippen molar-refractivity contribution < 1.29 is 9.53 Å². The molecule has 0 spiro atoms. The summed E-state index contributed by atoms with van der Waals surface area (Å²) in [6, 6.07) is 9.41. The Morgan fingerprint density at radius 1 is 1.27 bits per heavy atom. The highest BCUT2D eigenvalue weighted by molar-refractivity contribution is 6.42. The molecule has 2 heterocycles. The molecule has 0 aliphatic carbocycles. The molecule has 0 bridgehead atoms. The van der Waals surface area contributed by atoms with Crippen molar-refractivity contribution in [3.8, 4) is 0 Å². The number of benzene rings is 1. The third-order valence-corrected chi connectivity index (χ3v) is 4.97. The largest absolute Gasteiger partial charge is 0.374 e. The van der Waals surface area contributed by atoms with Gasteiger partial charge in [0, 0.05) is 38.6 Å². The van der Waals surface area contributed by atoms with Crippen LogP contribution in [0.5, 0.6) is 0 Å². The average Bonchev–Trinajstić information content (AvgIpc) is 2.64. The highest BCUT2D eigenvalue weighted by atomic mass is 35.5. The van der Waals surface area contributed by atoms with Crippen LogP contribution in [0.4, 0.5) is 0 Å².